The van der Waals surface area contributed by atoms with Gasteiger partial charge < -0.3 is 9.73 Å². The maximum absolute atomic E-state index is 11.9. The first-order valence-electron chi connectivity index (χ1n) is 8.01. The van der Waals surface area contributed by atoms with E-state index < -0.39 is 0 Å². The molecule has 1 aromatic carbocycles. The summed E-state index contributed by atoms with van der Waals surface area (Å²) in [6.45, 7) is 2.23. The first-order chi connectivity index (χ1) is 13.1. The van der Waals surface area contributed by atoms with E-state index in [1.807, 2.05) is 37.3 Å². The molecule has 0 fully saturated rings. The maximum Gasteiger partial charge on any atom is 0.240 e. The summed E-state index contributed by atoms with van der Waals surface area (Å²) in [5.74, 6) is 1.86. The molecule has 27 heavy (non-hydrogen) atoms. The van der Waals surface area contributed by atoms with Crippen molar-refractivity contribution < 1.29 is 9.21 Å². The Hall–Kier alpha value is -2.78. The molecule has 10 heteroatoms. The predicted octanol–water partition coefficient (Wildman–Crippen LogP) is 3.21. The van der Waals surface area contributed by atoms with E-state index >= 15 is 0 Å². The van der Waals surface area contributed by atoms with Crippen molar-refractivity contribution in [2.75, 3.05) is 11.2 Å². The van der Waals surface area contributed by atoms with Gasteiger partial charge in [0.15, 0.2) is 0 Å². The first-order valence-corrected chi connectivity index (χ1v) is 9.37. The molecule has 0 bridgehead atoms. The number of hydrogen-bond acceptors (Lipinski definition) is 7. The number of hydrazone groups is 1. The first kappa shape index (κ1) is 19.0. The van der Waals surface area contributed by atoms with Gasteiger partial charge in [0.25, 0.3) is 0 Å². The number of thioether (sulfide) groups is 1. The second kappa shape index (κ2) is 9.24. The van der Waals surface area contributed by atoms with Crippen LogP contribution in [0.15, 0.2) is 51.1 Å². The number of rotatable bonds is 8. The third-order valence-electron chi connectivity index (χ3n) is 3.35. The Kier molecular flexibility index (Phi) is 6.50. The van der Waals surface area contributed by atoms with Gasteiger partial charge in [-0.25, -0.2) is 10.5 Å². The minimum Gasteiger partial charge on any atom is -0.460 e. The van der Waals surface area contributed by atoms with E-state index in [4.69, 9.17) is 16.0 Å². The standard InChI is InChI=1S/C17H17ClN6O2S/c1-11-6-7-13(26-11)9-20-22-16-21-17(24-23-16)27-10-15(25)19-8-12-4-2-3-5-14(12)18/h2-7,9H,8,10H2,1H3,(H,19,25)(H2,21,22,23,24)/b20-9-. The number of carbonyl (C=O) groups is 1. The van der Waals surface area contributed by atoms with Crippen molar-refractivity contribution in [3.05, 3.63) is 58.5 Å². The van der Waals surface area contributed by atoms with E-state index in [2.05, 4.69) is 31.0 Å². The van der Waals surface area contributed by atoms with E-state index in [1.165, 1.54) is 18.0 Å². The summed E-state index contributed by atoms with van der Waals surface area (Å²) < 4.78 is 5.36. The van der Waals surface area contributed by atoms with Crippen LogP contribution in [0.3, 0.4) is 0 Å². The Morgan fingerprint density at radius 2 is 2.22 bits per heavy atom. The highest BCUT2D eigenvalue weighted by Crippen LogP contribution is 2.16. The Bertz CT molecular complexity index is 939. The lowest BCUT2D eigenvalue weighted by Crippen LogP contribution is -2.24. The van der Waals surface area contributed by atoms with Crippen LogP contribution < -0.4 is 10.7 Å². The minimum atomic E-state index is -0.134. The van der Waals surface area contributed by atoms with Gasteiger partial charge in [0.2, 0.25) is 17.0 Å². The summed E-state index contributed by atoms with van der Waals surface area (Å²) >= 11 is 7.27. The average molecular weight is 405 g/mol. The molecule has 0 unspecified atom stereocenters. The fraction of sp³-hybridized carbons (Fsp3) is 0.176. The summed E-state index contributed by atoms with van der Waals surface area (Å²) in [4.78, 5) is 16.1. The average Bonchev–Trinajstić information content (AvgIpc) is 3.28. The number of nitrogens with one attached hydrogen (secondary N) is 3. The molecule has 0 aliphatic carbocycles. The summed E-state index contributed by atoms with van der Waals surface area (Å²) in [5.41, 5.74) is 3.58. The molecule has 3 rings (SSSR count). The van der Waals surface area contributed by atoms with Crippen molar-refractivity contribution in [2.24, 2.45) is 5.10 Å². The fourth-order valence-corrected chi connectivity index (χ4v) is 2.89. The molecule has 0 aliphatic rings. The number of hydrogen-bond donors (Lipinski definition) is 3. The van der Waals surface area contributed by atoms with Crippen LogP contribution in [-0.4, -0.2) is 33.1 Å². The normalized spacial score (nSPS) is 11.0. The minimum absolute atomic E-state index is 0.134. The number of aromatic amines is 1. The summed E-state index contributed by atoms with van der Waals surface area (Å²) in [6, 6.07) is 11.0. The molecule has 8 nitrogen and oxygen atoms in total. The van der Waals surface area contributed by atoms with Crippen molar-refractivity contribution in [3.8, 4) is 0 Å². The molecule has 0 saturated heterocycles. The number of halogens is 1. The van der Waals surface area contributed by atoms with Crippen molar-refractivity contribution in [1.82, 2.24) is 20.5 Å². The number of nitrogens with zero attached hydrogens (tertiary/aromatic N) is 3. The van der Waals surface area contributed by atoms with E-state index in [0.717, 1.165) is 11.3 Å². The maximum atomic E-state index is 11.9. The van der Waals surface area contributed by atoms with Crippen molar-refractivity contribution in [2.45, 2.75) is 18.6 Å². The van der Waals surface area contributed by atoms with Crippen LogP contribution in [0.4, 0.5) is 5.95 Å². The van der Waals surface area contributed by atoms with Crippen molar-refractivity contribution in [3.63, 3.8) is 0 Å². The van der Waals surface area contributed by atoms with Gasteiger partial charge in [0.1, 0.15) is 11.5 Å². The Balaban J connectivity index is 1.41. The number of anilines is 1. The van der Waals surface area contributed by atoms with Crippen LogP contribution >= 0.6 is 23.4 Å². The molecule has 0 spiro atoms. The number of aryl methyl sites for hydroxylation is 1. The third-order valence-corrected chi connectivity index (χ3v) is 4.57. The molecule has 0 saturated carbocycles. The molecule has 0 aliphatic heterocycles. The molecule has 2 heterocycles. The molecule has 3 N–H and O–H groups in total. The van der Waals surface area contributed by atoms with Gasteiger partial charge in [-0.1, -0.05) is 41.6 Å². The van der Waals surface area contributed by atoms with E-state index in [-0.39, 0.29) is 11.7 Å². The number of furan rings is 1. The monoisotopic (exact) mass is 404 g/mol. The topological polar surface area (TPSA) is 108 Å². The van der Waals surface area contributed by atoms with Crippen molar-refractivity contribution >= 4 is 41.4 Å². The van der Waals surface area contributed by atoms with E-state index in [9.17, 15) is 4.79 Å². The van der Waals surface area contributed by atoms with Crippen LogP contribution in [0.25, 0.3) is 0 Å². The summed E-state index contributed by atoms with van der Waals surface area (Å²) in [6.07, 6.45) is 1.53. The third kappa shape index (κ3) is 5.87. The lowest BCUT2D eigenvalue weighted by molar-refractivity contribution is -0.118. The molecule has 0 atom stereocenters. The smallest absolute Gasteiger partial charge is 0.240 e. The van der Waals surface area contributed by atoms with Gasteiger partial charge in [0.05, 0.1) is 12.0 Å². The van der Waals surface area contributed by atoms with Crippen molar-refractivity contribution in [1.29, 1.82) is 0 Å². The van der Waals surface area contributed by atoms with Crippen LogP contribution in [0, 0.1) is 6.92 Å². The summed E-state index contributed by atoms with van der Waals surface area (Å²) in [7, 11) is 0. The summed E-state index contributed by atoms with van der Waals surface area (Å²) in [5, 5.41) is 14.6. The lowest BCUT2D eigenvalue weighted by Gasteiger charge is -2.05. The van der Waals surface area contributed by atoms with E-state index in [1.54, 1.807) is 6.07 Å². The fourth-order valence-electron chi connectivity index (χ4n) is 2.06. The van der Waals surface area contributed by atoms with Gasteiger partial charge in [0, 0.05) is 11.6 Å². The SMILES string of the molecule is Cc1ccc(/C=N\Nc2nc(SCC(=O)NCc3ccccc3Cl)n[nH]2)o1. The molecule has 2 aromatic heterocycles. The zero-order valence-electron chi connectivity index (χ0n) is 14.4. The molecule has 140 valence electrons. The molecule has 0 radical (unpaired) electrons. The number of aromatic nitrogens is 3. The Morgan fingerprint density at radius 1 is 1.37 bits per heavy atom. The number of amides is 1. The van der Waals surface area contributed by atoms with Gasteiger partial charge >= 0.3 is 0 Å². The van der Waals surface area contributed by atoms with Crippen LogP contribution in [0.2, 0.25) is 5.02 Å². The number of benzene rings is 1. The highest BCUT2D eigenvalue weighted by Gasteiger charge is 2.08. The van der Waals surface area contributed by atoms with Crippen LogP contribution in [0.5, 0.6) is 0 Å². The lowest BCUT2D eigenvalue weighted by atomic mass is 10.2. The quantitative estimate of drug-likeness (QED) is 0.302. The second-order valence-electron chi connectivity index (χ2n) is 5.44. The predicted molar refractivity (Wildman–Crippen MR) is 105 cm³/mol. The number of carbonyl (C=O) groups excluding carboxylic acids is 1. The van der Waals surface area contributed by atoms with Gasteiger partial charge in [-0.3, -0.25) is 4.79 Å². The van der Waals surface area contributed by atoms with Gasteiger partial charge in [-0.2, -0.15) is 10.1 Å². The Labute approximate surface area is 164 Å². The highest BCUT2D eigenvalue weighted by molar-refractivity contribution is 7.99. The highest BCUT2D eigenvalue weighted by atomic mass is 35.5. The number of H-pyrrole nitrogens is 1. The molecular formula is C17H17ClN6O2S. The molecule has 1 amide bonds. The Morgan fingerprint density at radius 3 is 3.00 bits per heavy atom. The van der Waals surface area contributed by atoms with Crippen LogP contribution in [0.1, 0.15) is 17.1 Å². The second-order valence-corrected chi connectivity index (χ2v) is 6.79. The zero-order chi connectivity index (χ0) is 19.1. The van der Waals surface area contributed by atoms with Gasteiger partial charge in [-0.15, -0.1) is 5.10 Å². The molecular weight excluding hydrogens is 388 g/mol. The van der Waals surface area contributed by atoms with Crippen LogP contribution in [-0.2, 0) is 11.3 Å². The largest absolute Gasteiger partial charge is 0.460 e. The van der Waals surface area contributed by atoms with E-state index in [0.29, 0.717) is 28.4 Å². The zero-order valence-corrected chi connectivity index (χ0v) is 16.0. The molecule has 3 aromatic rings. The van der Waals surface area contributed by atoms with Gasteiger partial charge in [-0.05, 0) is 30.7 Å².